The molecular weight excluding hydrogens is 181 g/mol. The number of hydrogen-bond acceptors (Lipinski definition) is 3. The molecule has 0 aromatic carbocycles. The lowest BCUT2D eigenvalue weighted by Gasteiger charge is -2.26. The highest BCUT2D eigenvalue weighted by molar-refractivity contribution is 7.11. The van der Waals surface area contributed by atoms with Crippen molar-refractivity contribution >= 4 is 24.6 Å². The maximum atomic E-state index is 5.31. The minimum absolute atomic E-state index is 0.893. The van der Waals surface area contributed by atoms with Crippen LogP contribution in [0.4, 0.5) is 0 Å². The molecule has 0 unspecified atom stereocenters. The first-order chi connectivity index (χ1) is 6.36. The number of morpholine rings is 1. The van der Waals surface area contributed by atoms with E-state index in [1.54, 1.807) is 0 Å². The molecule has 0 atom stereocenters. The zero-order valence-electron chi connectivity index (χ0n) is 7.95. The van der Waals surface area contributed by atoms with Gasteiger partial charge in [0.15, 0.2) is 0 Å². The summed E-state index contributed by atoms with van der Waals surface area (Å²) in [6.07, 6.45) is 0. The average Bonchev–Trinajstić information content (AvgIpc) is 2.54. The Bertz CT molecular complexity index is 270. The van der Waals surface area contributed by atoms with Crippen LogP contribution in [-0.4, -0.2) is 39.0 Å². The summed E-state index contributed by atoms with van der Waals surface area (Å²) in [4.78, 5) is 3.96. The Balaban J connectivity index is 1.93. The van der Waals surface area contributed by atoms with Crippen LogP contribution in [-0.2, 0) is 11.3 Å². The van der Waals surface area contributed by atoms with Crippen LogP contribution in [0.25, 0.3) is 0 Å². The first-order valence-electron chi connectivity index (χ1n) is 4.69. The van der Waals surface area contributed by atoms with Gasteiger partial charge < -0.3 is 4.74 Å². The molecule has 1 aromatic heterocycles. The molecule has 1 aromatic rings. The molecular formula is C9H14BNOS. The van der Waals surface area contributed by atoms with E-state index >= 15 is 0 Å². The molecule has 2 nitrogen and oxygen atoms in total. The predicted molar refractivity (Wildman–Crippen MR) is 58.6 cm³/mol. The molecule has 1 saturated heterocycles. The Morgan fingerprint density at radius 2 is 2.23 bits per heavy atom. The highest BCUT2D eigenvalue weighted by Gasteiger charge is 2.11. The summed E-state index contributed by atoms with van der Waals surface area (Å²) < 4.78 is 5.31. The predicted octanol–water partition coefficient (Wildman–Crippen LogP) is -0.161. The van der Waals surface area contributed by atoms with Crippen LogP contribution in [0.5, 0.6) is 0 Å². The van der Waals surface area contributed by atoms with E-state index in [0.717, 1.165) is 32.8 Å². The fourth-order valence-corrected chi connectivity index (χ4v) is 2.48. The van der Waals surface area contributed by atoms with Crippen molar-refractivity contribution in [1.82, 2.24) is 4.90 Å². The van der Waals surface area contributed by atoms with E-state index < -0.39 is 0 Å². The van der Waals surface area contributed by atoms with E-state index in [9.17, 15) is 0 Å². The van der Waals surface area contributed by atoms with Gasteiger partial charge in [-0.3, -0.25) is 4.90 Å². The van der Waals surface area contributed by atoms with Gasteiger partial charge in [0, 0.05) is 24.5 Å². The van der Waals surface area contributed by atoms with Crippen molar-refractivity contribution < 1.29 is 4.74 Å². The van der Waals surface area contributed by atoms with Crippen molar-refractivity contribution in [3.05, 3.63) is 16.3 Å². The zero-order chi connectivity index (χ0) is 9.10. The van der Waals surface area contributed by atoms with Gasteiger partial charge in [0.05, 0.1) is 13.2 Å². The van der Waals surface area contributed by atoms with Gasteiger partial charge in [-0.05, 0) is 5.38 Å². The van der Waals surface area contributed by atoms with Crippen molar-refractivity contribution in [1.29, 1.82) is 0 Å². The number of thiophene rings is 1. The van der Waals surface area contributed by atoms with Gasteiger partial charge in [-0.15, -0.1) is 11.3 Å². The SMILES string of the molecule is Bc1ccsc1CN1CCOCC1. The molecule has 1 fully saturated rings. The highest BCUT2D eigenvalue weighted by atomic mass is 32.1. The minimum Gasteiger partial charge on any atom is -0.379 e. The van der Waals surface area contributed by atoms with Crippen LogP contribution < -0.4 is 5.46 Å². The Labute approximate surface area is 83.9 Å². The van der Waals surface area contributed by atoms with Crippen LogP contribution in [0.3, 0.4) is 0 Å². The molecule has 0 aliphatic carbocycles. The molecule has 0 radical (unpaired) electrons. The topological polar surface area (TPSA) is 12.5 Å². The largest absolute Gasteiger partial charge is 0.379 e. The van der Waals surface area contributed by atoms with Crippen molar-refractivity contribution in [3.63, 3.8) is 0 Å². The molecule has 2 heterocycles. The fraction of sp³-hybridized carbons (Fsp3) is 0.556. The van der Waals surface area contributed by atoms with E-state index in [0.29, 0.717) is 0 Å². The van der Waals surface area contributed by atoms with Crippen LogP contribution in [0.1, 0.15) is 4.88 Å². The second kappa shape index (κ2) is 4.27. The first kappa shape index (κ1) is 9.25. The van der Waals surface area contributed by atoms with Gasteiger partial charge >= 0.3 is 0 Å². The number of ether oxygens (including phenoxy) is 1. The molecule has 2 rings (SSSR count). The molecule has 4 heteroatoms. The van der Waals surface area contributed by atoms with E-state index in [1.807, 2.05) is 11.3 Å². The number of hydrogen-bond donors (Lipinski definition) is 0. The lowest BCUT2D eigenvalue weighted by Crippen LogP contribution is -2.36. The average molecular weight is 195 g/mol. The summed E-state index contributed by atoms with van der Waals surface area (Å²) in [6, 6.07) is 2.19. The van der Waals surface area contributed by atoms with Gasteiger partial charge in [-0.1, -0.05) is 11.5 Å². The molecule has 70 valence electrons. The van der Waals surface area contributed by atoms with Gasteiger partial charge in [-0.2, -0.15) is 0 Å². The van der Waals surface area contributed by atoms with Gasteiger partial charge in [0.2, 0.25) is 0 Å². The van der Waals surface area contributed by atoms with Crippen LogP contribution in [0.15, 0.2) is 11.4 Å². The summed E-state index contributed by atoms with van der Waals surface area (Å²) in [5, 5.41) is 2.17. The number of nitrogens with zero attached hydrogens (tertiary/aromatic N) is 1. The second-order valence-corrected chi connectivity index (χ2v) is 4.42. The quantitative estimate of drug-likeness (QED) is 0.608. The van der Waals surface area contributed by atoms with Crippen molar-refractivity contribution in [2.45, 2.75) is 6.54 Å². The Morgan fingerprint density at radius 1 is 1.46 bits per heavy atom. The summed E-state index contributed by atoms with van der Waals surface area (Å²) in [5.41, 5.74) is 1.43. The van der Waals surface area contributed by atoms with Gasteiger partial charge in [0.1, 0.15) is 7.85 Å². The summed E-state index contributed by atoms with van der Waals surface area (Å²) in [7, 11) is 2.19. The molecule has 1 aliphatic heterocycles. The van der Waals surface area contributed by atoms with Crippen LogP contribution >= 0.6 is 11.3 Å². The Hall–Kier alpha value is -0.315. The molecule has 0 spiro atoms. The maximum Gasteiger partial charge on any atom is 0.140 e. The summed E-state index contributed by atoms with van der Waals surface area (Å²) in [5.74, 6) is 0. The Kier molecular flexibility index (Phi) is 3.03. The van der Waals surface area contributed by atoms with Gasteiger partial charge in [-0.25, -0.2) is 0 Å². The smallest absolute Gasteiger partial charge is 0.140 e. The maximum absolute atomic E-state index is 5.31. The van der Waals surface area contributed by atoms with Crippen molar-refractivity contribution in [2.75, 3.05) is 26.3 Å². The van der Waals surface area contributed by atoms with Gasteiger partial charge in [0.25, 0.3) is 0 Å². The van der Waals surface area contributed by atoms with E-state index in [1.165, 1.54) is 10.3 Å². The van der Waals surface area contributed by atoms with Crippen LogP contribution in [0, 0.1) is 0 Å². The molecule has 1 aliphatic rings. The Morgan fingerprint density at radius 3 is 2.85 bits per heavy atom. The molecule has 0 amide bonds. The molecule has 0 N–H and O–H groups in total. The summed E-state index contributed by atoms with van der Waals surface area (Å²) in [6.45, 7) is 5.05. The number of rotatable bonds is 2. The molecule has 0 saturated carbocycles. The highest BCUT2D eigenvalue weighted by Crippen LogP contribution is 2.10. The lowest BCUT2D eigenvalue weighted by atomic mass is 9.97. The lowest BCUT2D eigenvalue weighted by molar-refractivity contribution is 0.0347. The standard InChI is InChI=1S/C9H14BNOS/c10-8-1-6-13-9(8)7-11-2-4-12-5-3-11/h1,6H,2-5,7,10H2. The first-order valence-corrected chi connectivity index (χ1v) is 5.57. The monoisotopic (exact) mass is 195 g/mol. The van der Waals surface area contributed by atoms with E-state index in [4.69, 9.17) is 4.74 Å². The molecule has 0 bridgehead atoms. The summed E-state index contributed by atoms with van der Waals surface area (Å²) >= 11 is 1.86. The van der Waals surface area contributed by atoms with E-state index in [2.05, 4.69) is 24.2 Å². The molecule has 13 heavy (non-hydrogen) atoms. The third-order valence-corrected chi connectivity index (χ3v) is 3.45. The van der Waals surface area contributed by atoms with Crippen molar-refractivity contribution in [2.24, 2.45) is 0 Å². The van der Waals surface area contributed by atoms with E-state index in [-0.39, 0.29) is 0 Å². The second-order valence-electron chi connectivity index (χ2n) is 3.42. The zero-order valence-corrected chi connectivity index (χ0v) is 8.77. The van der Waals surface area contributed by atoms with Crippen molar-refractivity contribution in [3.8, 4) is 0 Å². The fourth-order valence-electron chi connectivity index (χ4n) is 1.53. The van der Waals surface area contributed by atoms with Crippen LogP contribution in [0.2, 0.25) is 0 Å². The minimum atomic E-state index is 0.893. The normalized spacial score (nSPS) is 19.1. The third-order valence-electron chi connectivity index (χ3n) is 2.44. The third kappa shape index (κ3) is 2.33.